The zero-order chi connectivity index (χ0) is 20.0. The number of amides is 1. The first-order valence-corrected chi connectivity index (χ1v) is 9.13. The molecule has 0 saturated carbocycles. The molecule has 0 spiro atoms. The Kier molecular flexibility index (Phi) is 6.99. The van der Waals surface area contributed by atoms with Crippen molar-refractivity contribution >= 4 is 11.6 Å². The lowest BCUT2D eigenvalue weighted by Crippen LogP contribution is -2.28. The summed E-state index contributed by atoms with van der Waals surface area (Å²) in [5, 5.41) is 6.47. The van der Waals surface area contributed by atoms with Crippen LogP contribution in [0, 0.1) is 0 Å². The van der Waals surface area contributed by atoms with Crippen molar-refractivity contribution in [3.05, 3.63) is 59.2 Å². The molecule has 0 aliphatic carbocycles. The molecule has 0 atom stereocenters. The van der Waals surface area contributed by atoms with Gasteiger partial charge in [0.1, 0.15) is 18.6 Å². The van der Waals surface area contributed by atoms with Crippen molar-refractivity contribution in [2.24, 2.45) is 5.16 Å². The number of para-hydroxylation sites is 1. The van der Waals surface area contributed by atoms with E-state index in [0.717, 1.165) is 11.3 Å². The number of hydrogen-bond acceptors (Lipinski definition) is 4. The summed E-state index contributed by atoms with van der Waals surface area (Å²) in [5.74, 6) is 1.73. The van der Waals surface area contributed by atoms with Crippen molar-refractivity contribution in [2.75, 3.05) is 14.2 Å². The Labute approximate surface area is 161 Å². The molecule has 27 heavy (non-hydrogen) atoms. The SMILES string of the molecule is CNC(=O)/C(=N\OC)c1ccccc1Oc1ccc(C(C)C)cc1C(C)C. The second kappa shape index (κ2) is 9.21. The van der Waals surface area contributed by atoms with E-state index in [0.29, 0.717) is 23.1 Å². The highest BCUT2D eigenvalue weighted by atomic mass is 16.6. The second-order valence-corrected chi connectivity index (χ2v) is 6.91. The minimum Gasteiger partial charge on any atom is -0.456 e. The van der Waals surface area contributed by atoms with Crippen LogP contribution in [0.5, 0.6) is 11.5 Å². The number of nitrogens with one attached hydrogen (secondary N) is 1. The molecule has 0 aromatic heterocycles. The van der Waals surface area contributed by atoms with Gasteiger partial charge in [-0.15, -0.1) is 0 Å². The summed E-state index contributed by atoms with van der Waals surface area (Å²) in [5.41, 5.74) is 3.13. The highest BCUT2D eigenvalue weighted by molar-refractivity contribution is 6.45. The van der Waals surface area contributed by atoms with E-state index in [-0.39, 0.29) is 11.6 Å². The number of nitrogens with zero attached hydrogens (tertiary/aromatic N) is 1. The third-order valence-corrected chi connectivity index (χ3v) is 4.31. The van der Waals surface area contributed by atoms with E-state index in [9.17, 15) is 4.79 Å². The number of rotatable bonds is 7. The van der Waals surface area contributed by atoms with Gasteiger partial charge in [-0.05, 0) is 41.2 Å². The summed E-state index contributed by atoms with van der Waals surface area (Å²) < 4.78 is 6.24. The highest BCUT2D eigenvalue weighted by Crippen LogP contribution is 2.34. The number of hydrogen-bond donors (Lipinski definition) is 1. The average Bonchev–Trinajstić information content (AvgIpc) is 2.66. The molecule has 2 aromatic rings. The van der Waals surface area contributed by atoms with Crippen molar-refractivity contribution in [1.82, 2.24) is 5.32 Å². The first-order chi connectivity index (χ1) is 12.9. The monoisotopic (exact) mass is 368 g/mol. The molecule has 0 fully saturated rings. The predicted molar refractivity (Wildman–Crippen MR) is 109 cm³/mol. The molecule has 0 unspecified atom stereocenters. The molecule has 144 valence electrons. The van der Waals surface area contributed by atoms with Gasteiger partial charge in [-0.25, -0.2) is 0 Å². The largest absolute Gasteiger partial charge is 0.456 e. The maximum absolute atomic E-state index is 12.2. The van der Waals surface area contributed by atoms with Crippen LogP contribution in [0.4, 0.5) is 0 Å². The lowest BCUT2D eigenvalue weighted by molar-refractivity contribution is -0.114. The van der Waals surface area contributed by atoms with E-state index in [1.165, 1.54) is 12.7 Å². The molecule has 0 radical (unpaired) electrons. The van der Waals surface area contributed by atoms with Gasteiger partial charge in [0.15, 0.2) is 5.71 Å². The van der Waals surface area contributed by atoms with Crippen LogP contribution in [0.2, 0.25) is 0 Å². The van der Waals surface area contributed by atoms with Crippen LogP contribution < -0.4 is 10.1 Å². The van der Waals surface area contributed by atoms with Crippen molar-refractivity contribution in [1.29, 1.82) is 0 Å². The zero-order valence-corrected chi connectivity index (χ0v) is 16.9. The Balaban J connectivity index is 2.50. The van der Waals surface area contributed by atoms with E-state index < -0.39 is 0 Å². The molecule has 2 rings (SSSR count). The van der Waals surface area contributed by atoms with Gasteiger partial charge in [0.2, 0.25) is 0 Å². The molecule has 0 aliphatic heterocycles. The molecule has 5 heteroatoms. The van der Waals surface area contributed by atoms with Crippen LogP contribution >= 0.6 is 0 Å². The highest BCUT2D eigenvalue weighted by Gasteiger charge is 2.20. The fraction of sp³-hybridized carbons (Fsp3) is 0.364. The molecule has 1 amide bonds. The van der Waals surface area contributed by atoms with Crippen molar-refractivity contribution in [2.45, 2.75) is 39.5 Å². The standard InChI is InChI=1S/C22H28N2O3/c1-14(2)16-11-12-20(18(13-16)15(3)4)27-19-10-8-7-9-17(19)21(24-26-6)22(25)23-5/h7-15H,1-6H3,(H,23,25)/b24-21-. The van der Waals surface area contributed by atoms with Gasteiger partial charge >= 0.3 is 0 Å². The molecule has 0 heterocycles. The topological polar surface area (TPSA) is 59.9 Å². The van der Waals surface area contributed by atoms with Crippen LogP contribution in [0.25, 0.3) is 0 Å². The number of likely N-dealkylation sites (N-methyl/N-ethyl adjacent to an activating group) is 1. The van der Waals surface area contributed by atoms with Gasteiger partial charge in [0.25, 0.3) is 5.91 Å². The van der Waals surface area contributed by atoms with Crippen LogP contribution in [-0.4, -0.2) is 25.8 Å². The normalized spacial score (nSPS) is 11.6. The first kappa shape index (κ1) is 20.5. The lowest BCUT2D eigenvalue weighted by atomic mass is 9.95. The molecule has 0 saturated heterocycles. The van der Waals surface area contributed by atoms with Gasteiger partial charge in [0, 0.05) is 7.05 Å². The number of oxime groups is 1. The quantitative estimate of drug-likeness (QED) is 0.563. The minimum absolute atomic E-state index is 0.167. The molecular weight excluding hydrogens is 340 g/mol. The summed E-state index contributed by atoms with van der Waals surface area (Å²) in [4.78, 5) is 17.1. The Morgan fingerprint density at radius 2 is 1.70 bits per heavy atom. The lowest BCUT2D eigenvalue weighted by Gasteiger charge is -2.18. The number of ether oxygens (including phenoxy) is 1. The summed E-state index contributed by atoms with van der Waals surface area (Å²) in [6.07, 6.45) is 0. The number of carbonyl (C=O) groups is 1. The number of carbonyl (C=O) groups excluding carboxylic acids is 1. The van der Waals surface area contributed by atoms with Crippen LogP contribution in [0.3, 0.4) is 0 Å². The van der Waals surface area contributed by atoms with Crippen LogP contribution in [0.15, 0.2) is 47.6 Å². The molecule has 0 aliphatic rings. The summed E-state index contributed by atoms with van der Waals surface area (Å²) in [7, 11) is 2.96. The van der Waals surface area contributed by atoms with Gasteiger partial charge in [-0.2, -0.15) is 0 Å². The first-order valence-electron chi connectivity index (χ1n) is 9.13. The Hall–Kier alpha value is -2.82. The van der Waals surface area contributed by atoms with Crippen molar-refractivity contribution in [3.63, 3.8) is 0 Å². The minimum atomic E-state index is -0.341. The summed E-state index contributed by atoms with van der Waals surface area (Å²) in [6, 6.07) is 13.6. The average molecular weight is 368 g/mol. The molecule has 0 bridgehead atoms. The Morgan fingerprint density at radius 3 is 2.30 bits per heavy atom. The number of benzene rings is 2. The van der Waals surface area contributed by atoms with Gasteiger partial charge in [0.05, 0.1) is 5.56 Å². The Bertz CT molecular complexity index is 826. The Morgan fingerprint density at radius 1 is 1.00 bits per heavy atom. The van der Waals surface area contributed by atoms with Gasteiger partial charge in [-0.3, -0.25) is 4.79 Å². The van der Waals surface area contributed by atoms with Crippen LogP contribution in [-0.2, 0) is 9.63 Å². The van der Waals surface area contributed by atoms with Gasteiger partial charge in [-0.1, -0.05) is 57.1 Å². The van der Waals surface area contributed by atoms with E-state index >= 15 is 0 Å². The predicted octanol–water partition coefficient (Wildman–Crippen LogP) is 4.82. The smallest absolute Gasteiger partial charge is 0.273 e. The van der Waals surface area contributed by atoms with E-state index in [1.54, 1.807) is 13.1 Å². The van der Waals surface area contributed by atoms with E-state index in [1.807, 2.05) is 24.3 Å². The van der Waals surface area contributed by atoms with E-state index in [4.69, 9.17) is 9.57 Å². The summed E-state index contributed by atoms with van der Waals surface area (Å²) >= 11 is 0. The van der Waals surface area contributed by atoms with E-state index in [2.05, 4.69) is 50.3 Å². The zero-order valence-electron chi connectivity index (χ0n) is 16.9. The van der Waals surface area contributed by atoms with Crippen LogP contribution in [0.1, 0.15) is 56.2 Å². The van der Waals surface area contributed by atoms with Gasteiger partial charge < -0.3 is 14.9 Å². The summed E-state index contributed by atoms with van der Waals surface area (Å²) in [6.45, 7) is 8.62. The van der Waals surface area contributed by atoms with Crippen molar-refractivity contribution < 1.29 is 14.4 Å². The third kappa shape index (κ3) is 4.88. The second-order valence-electron chi connectivity index (χ2n) is 6.91. The fourth-order valence-corrected chi connectivity index (χ4v) is 2.76. The third-order valence-electron chi connectivity index (χ3n) is 4.31. The fourth-order valence-electron chi connectivity index (χ4n) is 2.76. The maximum atomic E-state index is 12.2. The molecule has 5 nitrogen and oxygen atoms in total. The molecular formula is C22H28N2O3. The van der Waals surface area contributed by atoms with Crippen molar-refractivity contribution in [3.8, 4) is 11.5 Å². The molecule has 2 aromatic carbocycles. The maximum Gasteiger partial charge on any atom is 0.273 e. The molecule has 1 N–H and O–H groups in total.